The number of aryl methyl sites for hydroxylation is 2. The topological polar surface area (TPSA) is 86.6 Å². The van der Waals surface area contributed by atoms with E-state index < -0.39 is 5.82 Å². The van der Waals surface area contributed by atoms with Crippen molar-refractivity contribution < 1.29 is 14.2 Å². The van der Waals surface area contributed by atoms with Crippen molar-refractivity contribution in [2.75, 3.05) is 38.7 Å². The molecule has 0 amide bonds. The largest absolute Gasteiger partial charge is 0.508 e. The summed E-state index contributed by atoms with van der Waals surface area (Å²) in [4.78, 5) is 18.7. The van der Waals surface area contributed by atoms with Gasteiger partial charge in [-0.15, -0.1) is 0 Å². The van der Waals surface area contributed by atoms with Crippen LogP contribution in [0, 0.1) is 5.82 Å². The van der Waals surface area contributed by atoms with Crippen LogP contribution < -0.4 is 15.0 Å². The lowest BCUT2D eigenvalue weighted by molar-refractivity contribution is 0.159. The van der Waals surface area contributed by atoms with E-state index in [1.165, 1.54) is 11.1 Å². The Balaban J connectivity index is 1.29. The summed E-state index contributed by atoms with van der Waals surface area (Å²) in [7, 11) is 4.13. The van der Waals surface area contributed by atoms with Crippen LogP contribution in [0.2, 0.25) is 0 Å². The van der Waals surface area contributed by atoms with Crippen molar-refractivity contribution in [3.8, 4) is 23.0 Å². The van der Waals surface area contributed by atoms with Crippen molar-refractivity contribution in [1.29, 1.82) is 0 Å². The Morgan fingerprint density at radius 3 is 2.64 bits per heavy atom. The maximum Gasteiger partial charge on any atom is 0.319 e. The summed E-state index contributed by atoms with van der Waals surface area (Å²) in [5.74, 6) is 0.268. The number of ether oxygens (including phenoxy) is 1. The molecule has 2 saturated heterocycles. The Morgan fingerprint density at radius 1 is 1.10 bits per heavy atom. The summed E-state index contributed by atoms with van der Waals surface area (Å²) in [6.07, 6.45) is 10.3. The Bertz CT molecular complexity index is 1710. The van der Waals surface area contributed by atoms with Gasteiger partial charge in [0, 0.05) is 36.9 Å². The first-order valence-electron chi connectivity index (χ1n) is 15.3. The SMILES string of the molecule is CN(C)C1(COc2nc(N3CC4CCC(C3)N4)c3cnc(-c4cc(O)cc5ccc6c(c45)CCCC6)c(F)c3n2)CC1. The standard InChI is InChI=1S/C33H37FN6O2/c1-39(2)33(11-12-33)18-42-32-37-30-26(31(38-32)40-16-21-9-10-22(17-40)36-21)15-35-29(28(30)34)25-14-23(41)13-20-8-7-19-5-3-4-6-24(19)27(20)25/h7-8,13-15,21-22,36,41H,3-6,9-12,16-18H2,1-2H3. The third-order valence-corrected chi connectivity index (χ3v) is 10.1. The first-order chi connectivity index (χ1) is 20.4. The molecule has 2 aromatic heterocycles. The van der Waals surface area contributed by atoms with Crippen molar-refractivity contribution in [2.45, 2.75) is 69.0 Å². The summed E-state index contributed by atoms with van der Waals surface area (Å²) < 4.78 is 23.1. The van der Waals surface area contributed by atoms with E-state index in [0.717, 1.165) is 75.2 Å². The molecule has 2 aromatic carbocycles. The highest BCUT2D eigenvalue weighted by atomic mass is 19.1. The molecule has 2 atom stereocenters. The van der Waals surface area contributed by atoms with Crippen LogP contribution >= 0.6 is 0 Å². The van der Waals surface area contributed by atoms with E-state index in [9.17, 15) is 5.11 Å². The monoisotopic (exact) mass is 568 g/mol. The fourth-order valence-corrected chi connectivity index (χ4v) is 7.44. The molecular formula is C33H37FN6O2. The number of rotatable bonds is 6. The van der Waals surface area contributed by atoms with Gasteiger partial charge in [-0.3, -0.25) is 4.98 Å². The van der Waals surface area contributed by atoms with Crippen LogP contribution in [0.4, 0.5) is 10.2 Å². The summed E-state index contributed by atoms with van der Waals surface area (Å²) in [5.41, 5.74) is 3.53. The van der Waals surface area contributed by atoms with Crippen molar-refractivity contribution in [2.24, 2.45) is 0 Å². The number of hydrogen-bond donors (Lipinski definition) is 2. The number of halogens is 1. The summed E-state index contributed by atoms with van der Waals surface area (Å²) in [6.45, 7) is 2.06. The normalized spacial score (nSPS) is 22.6. The second-order valence-electron chi connectivity index (χ2n) is 13.0. The van der Waals surface area contributed by atoms with Crippen LogP contribution in [-0.4, -0.2) is 76.4 Å². The van der Waals surface area contributed by atoms with Gasteiger partial charge >= 0.3 is 6.01 Å². The molecule has 1 saturated carbocycles. The first kappa shape index (κ1) is 26.1. The van der Waals surface area contributed by atoms with Gasteiger partial charge in [-0.05, 0) is 99.5 Å². The molecule has 9 heteroatoms. The van der Waals surface area contributed by atoms with Gasteiger partial charge in [0.25, 0.3) is 0 Å². The van der Waals surface area contributed by atoms with Crippen molar-refractivity contribution in [1.82, 2.24) is 25.2 Å². The molecule has 8 rings (SSSR count). The number of phenols is 1. The lowest BCUT2D eigenvalue weighted by Crippen LogP contribution is -2.51. The molecule has 2 N–H and O–H groups in total. The lowest BCUT2D eigenvalue weighted by Gasteiger charge is -2.34. The van der Waals surface area contributed by atoms with Gasteiger partial charge in [0.1, 0.15) is 29.4 Å². The molecule has 2 unspecified atom stereocenters. The third-order valence-electron chi connectivity index (χ3n) is 10.1. The van der Waals surface area contributed by atoms with E-state index in [1.54, 1.807) is 18.3 Å². The number of phenolic OH excluding ortho intramolecular Hbond substituents is 1. The van der Waals surface area contributed by atoms with Crippen molar-refractivity contribution in [3.05, 3.63) is 47.4 Å². The van der Waals surface area contributed by atoms with Gasteiger partial charge in [0.2, 0.25) is 0 Å². The quantitative estimate of drug-likeness (QED) is 0.337. The zero-order valence-corrected chi connectivity index (χ0v) is 24.3. The number of aromatic nitrogens is 3. The van der Waals surface area contributed by atoms with E-state index >= 15 is 4.39 Å². The molecule has 8 nitrogen and oxygen atoms in total. The molecule has 0 radical (unpaired) electrons. The molecule has 0 spiro atoms. The van der Waals surface area contributed by atoms with E-state index in [-0.39, 0.29) is 28.5 Å². The van der Waals surface area contributed by atoms with Crippen LogP contribution in [0.25, 0.3) is 32.9 Å². The number of piperazine rings is 1. The van der Waals surface area contributed by atoms with Gasteiger partial charge in [-0.1, -0.05) is 12.1 Å². The number of anilines is 1. The van der Waals surface area contributed by atoms with Crippen molar-refractivity contribution in [3.63, 3.8) is 0 Å². The van der Waals surface area contributed by atoms with Gasteiger partial charge in [-0.2, -0.15) is 9.97 Å². The highest BCUT2D eigenvalue weighted by Gasteiger charge is 2.46. The van der Waals surface area contributed by atoms with Crippen LogP contribution in [0.3, 0.4) is 0 Å². The number of nitrogens with one attached hydrogen (secondary N) is 1. The first-order valence-corrected chi connectivity index (χ1v) is 15.3. The minimum Gasteiger partial charge on any atom is -0.508 e. The van der Waals surface area contributed by atoms with Gasteiger partial charge in [-0.25, -0.2) is 4.39 Å². The average Bonchev–Trinajstić information content (AvgIpc) is 3.73. The Kier molecular flexibility index (Phi) is 6.05. The van der Waals surface area contributed by atoms with Crippen LogP contribution in [-0.2, 0) is 12.8 Å². The molecule has 2 bridgehead atoms. The number of aromatic hydroxyl groups is 1. The number of fused-ring (bicyclic) bond motifs is 6. The number of hydrogen-bond acceptors (Lipinski definition) is 8. The Hall–Kier alpha value is -3.56. The lowest BCUT2D eigenvalue weighted by atomic mass is 9.85. The molecule has 3 fully saturated rings. The van der Waals surface area contributed by atoms with E-state index in [4.69, 9.17) is 14.7 Å². The fourth-order valence-electron chi connectivity index (χ4n) is 7.44. The number of likely N-dealkylation sites (N-methyl/N-ethyl adjacent to an activating group) is 1. The van der Waals surface area contributed by atoms with Gasteiger partial charge in [0.15, 0.2) is 5.82 Å². The zero-order chi connectivity index (χ0) is 28.6. The van der Waals surface area contributed by atoms with Crippen LogP contribution in [0.1, 0.15) is 49.7 Å². The highest BCUT2D eigenvalue weighted by molar-refractivity contribution is 6.02. The summed E-state index contributed by atoms with van der Waals surface area (Å²) >= 11 is 0. The second kappa shape index (κ2) is 9.74. The minimum atomic E-state index is -0.506. The molecule has 4 aromatic rings. The molecule has 218 valence electrons. The molecule has 2 aliphatic heterocycles. The number of nitrogens with zero attached hydrogens (tertiary/aromatic N) is 5. The van der Waals surface area contributed by atoms with Crippen molar-refractivity contribution >= 4 is 27.5 Å². The predicted molar refractivity (Wildman–Crippen MR) is 162 cm³/mol. The minimum absolute atomic E-state index is 0.0197. The van der Waals surface area contributed by atoms with Gasteiger partial charge < -0.3 is 25.0 Å². The van der Waals surface area contributed by atoms with Crippen LogP contribution in [0.15, 0.2) is 30.5 Å². The Labute approximate surface area is 244 Å². The smallest absolute Gasteiger partial charge is 0.319 e. The second-order valence-corrected chi connectivity index (χ2v) is 13.0. The highest BCUT2D eigenvalue weighted by Crippen LogP contribution is 2.42. The average molecular weight is 569 g/mol. The molecular weight excluding hydrogens is 531 g/mol. The van der Waals surface area contributed by atoms with E-state index in [2.05, 4.69) is 40.3 Å². The molecule has 4 aliphatic rings. The fraction of sp³-hybridized carbons (Fsp3) is 0.485. The van der Waals surface area contributed by atoms with Crippen LogP contribution in [0.5, 0.6) is 11.8 Å². The summed E-state index contributed by atoms with van der Waals surface area (Å²) in [5, 5.41) is 16.8. The number of benzene rings is 2. The summed E-state index contributed by atoms with van der Waals surface area (Å²) in [6, 6.07) is 8.57. The van der Waals surface area contributed by atoms with E-state index in [0.29, 0.717) is 35.5 Å². The zero-order valence-electron chi connectivity index (χ0n) is 24.3. The molecule has 2 aliphatic carbocycles. The maximum absolute atomic E-state index is 16.8. The predicted octanol–water partition coefficient (Wildman–Crippen LogP) is 4.98. The molecule has 42 heavy (non-hydrogen) atoms. The molecule has 4 heterocycles. The third kappa shape index (κ3) is 4.28. The Morgan fingerprint density at radius 2 is 1.88 bits per heavy atom. The van der Waals surface area contributed by atoms with Gasteiger partial charge in [0.05, 0.1) is 10.9 Å². The maximum atomic E-state index is 16.8. The number of pyridine rings is 1. The van der Waals surface area contributed by atoms with E-state index in [1.807, 2.05) is 6.07 Å².